The molecule has 27 nitrogen and oxygen atoms in total. The number of alkyl halides is 3. The van der Waals surface area contributed by atoms with Gasteiger partial charge < -0.3 is 55.2 Å². The number of hydrogen-bond donors (Lipinski definition) is 3. The summed E-state index contributed by atoms with van der Waals surface area (Å²) in [5.41, 5.74) is 21.1. The number of nitrogens with zero attached hydrogens (tertiary/aromatic N) is 19. The summed E-state index contributed by atoms with van der Waals surface area (Å²) in [5.74, 6) is 0.812. The van der Waals surface area contributed by atoms with Gasteiger partial charge in [-0.2, -0.15) is 42.0 Å². The summed E-state index contributed by atoms with van der Waals surface area (Å²) in [4.78, 5) is 38.4. The van der Waals surface area contributed by atoms with Crippen LogP contribution >= 0.6 is 59.4 Å². The lowest BCUT2D eigenvalue weighted by molar-refractivity contribution is -0.0499. The summed E-state index contributed by atoms with van der Waals surface area (Å²) >= 11 is 16.6. The summed E-state index contributed by atoms with van der Waals surface area (Å²) in [6, 6.07) is 27.2. The number of halogens is 10. The van der Waals surface area contributed by atoms with Crippen LogP contribution in [0.1, 0.15) is 101 Å². The van der Waals surface area contributed by atoms with E-state index in [1.807, 2.05) is 95.4 Å². The third-order valence-corrected chi connectivity index (χ3v) is 24.2. The van der Waals surface area contributed by atoms with Gasteiger partial charge in [0, 0.05) is 188 Å². The number of anilines is 5. The Hall–Kier alpha value is -9.90. The Morgan fingerprint density at radius 2 is 0.825 bits per heavy atom. The second-order valence-electron chi connectivity index (χ2n) is 30.7. The van der Waals surface area contributed by atoms with Gasteiger partial charge in [0.2, 0.25) is 17.8 Å². The van der Waals surface area contributed by atoms with E-state index < -0.39 is 38.0 Å². The van der Waals surface area contributed by atoms with Crippen LogP contribution in [-0.4, -0.2) is 166 Å². The minimum Gasteiger partial charge on any atom is -0.399 e. The molecule has 0 aliphatic carbocycles. The van der Waals surface area contributed by atoms with Crippen molar-refractivity contribution >= 4 is 128 Å². The molecule has 3 atom stereocenters. The first-order valence-corrected chi connectivity index (χ1v) is 42.3. The summed E-state index contributed by atoms with van der Waals surface area (Å²) in [5, 5.41) is 17.2. The SMILES string of the molecule is C[C@](N)(c1ccc(F)cc1)c1cnc(N2CCCCC2)nc1.C[C@](N)(c1ccc(F)cc1)c1cnc(N2CCN(c3c(Cl)cnn4cc(Br)cc34)CC2)nc1.C[C@](N)(c1ccc(F)cc1)c1cnc(N2CCN(c3ccnn4cc(Br)cc34)CC2)nc1.Cn1cc(B2OC(C)(C)C(C)(C)O2)cn1.O=S(=O)(Oc1ccnn2cc(Br)cc12)C(F)(F)F. The van der Waals surface area contributed by atoms with Gasteiger partial charge in [0.25, 0.3) is 0 Å². The van der Waals surface area contributed by atoms with Crippen LogP contribution in [0.25, 0.3) is 16.6 Å². The van der Waals surface area contributed by atoms with Crippen molar-refractivity contribution in [3.8, 4) is 5.75 Å². The van der Waals surface area contributed by atoms with Crippen LogP contribution in [0.2, 0.25) is 5.02 Å². The molecule has 6 N–H and O–H groups in total. The number of aryl methyl sites for hydroxylation is 1. The van der Waals surface area contributed by atoms with E-state index in [2.05, 4.69) is 139 Å². The zero-order valence-corrected chi connectivity index (χ0v) is 73.0. The molecule has 4 saturated heterocycles. The molecule has 3 aromatic carbocycles. The number of hydrogen-bond acceptors (Lipinski definition) is 23. The number of aromatic nitrogens is 14. The molecule has 120 heavy (non-hydrogen) atoms. The van der Waals surface area contributed by atoms with Gasteiger partial charge in [0.1, 0.15) is 23.0 Å². The Bertz CT molecular complexity index is 5790. The normalized spacial score (nSPS) is 17.0. The number of fused-ring (bicyclic) bond motifs is 3. The second kappa shape index (κ2) is 36.0. The number of rotatable bonds is 14. The first-order chi connectivity index (χ1) is 56.8. The molecular weight excluding hydrogens is 1790 g/mol. The van der Waals surface area contributed by atoms with E-state index in [-0.39, 0.29) is 41.3 Å². The average molecular weight is 1880 g/mol. The van der Waals surface area contributed by atoms with Crippen LogP contribution in [0.3, 0.4) is 0 Å². The zero-order chi connectivity index (χ0) is 85.9. The predicted molar refractivity (Wildman–Crippen MR) is 460 cm³/mol. The molecule has 17 rings (SSSR count). The van der Waals surface area contributed by atoms with Crippen LogP contribution in [-0.2, 0) is 43.1 Å². The summed E-state index contributed by atoms with van der Waals surface area (Å²) < 4.78 is 123. The van der Waals surface area contributed by atoms with Gasteiger partial charge in [-0.15, -0.1) is 0 Å². The van der Waals surface area contributed by atoms with Gasteiger partial charge in [-0.3, -0.25) is 4.68 Å². The molecule has 0 amide bonds. The minimum absolute atomic E-state index is 0.0946. The molecule has 0 unspecified atom stereocenters. The highest BCUT2D eigenvalue weighted by atomic mass is 79.9. The highest BCUT2D eigenvalue weighted by molar-refractivity contribution is 9.11. The van der Waals surface area contributed by atoms with Gasteiger partial charge in [-0.05, 0) is 193 Å². The van der Waals surface area contributed by atoms with E-state index in [1.54, 1.807) is 90.7 Å². The third-order valence-electron chi connectivity index (χ3n) is 21.6. The monoisotopic (exact) mass is 1880 g/mol. The molecule has 4 aliphatic rings. The molecular formula is C81H87BBr3ClF6N22O5S. The Kier molecular flexibility index (Phi) is 26.4. The van der Waals surface area contributed by atoms with Gasteiger partial charge in [-0.1, -0.05) is 48.0 Å². The first kappa shape index (κ1) is 87.9. The van der Waals surface area contributed by atoms with Crippen molar-refractivity contribution in [3.63, 3.8) is 0 Å². The maximum atomic E-state index is 13.3. The van der Waals surface area contributed by atoms with Crippen LogP contribution in [0, 0.1) is 17.5 Å². The van der Waals surface area contributed by atoms with Crippen LogP contribution in [0.15, 0.2) is 203 Å². The average Bonchev–Trinajstić information content (AvgIpc) is 1.57. The van der Waals surface area contributed by atoms with Crippen molar-refractivity contribution in [1.82, 2.24) is 68.5 Å². The highest BCUT2D eigenvalue weighted by Gasteiger charge is 2.52. The molecule has 0 radical (unpaired) electrons. The second-order valence-corrected chi connectivity index (χ2v) is 35.4. The van der Waals surface area contributed by atoms with Crippen LogP contribution in [0.5, 0.6) is 5.75 Å². The van der Waals surface area contributed by atoms with Crippen molar-refractivity contribution < 1.29 is 48.3 Å². The van der Waals surface area contributed by atoms with E-state index in [0.29, 0.717) is 21.4 Å². The summed E-state index contributed by atoms with van der Waals surface area (Å²) in [6.45, 7) is 22.2. The van der Waals surface area contributed by atoms with Crippen molar-refractivity contribution in [2.45, 2.75) is 101 Å². The standard InChI is InChI=1S/C23H22BrClFN7.C23H23BrFN7.C17H21FN4.C10H17BN2O2.C8H4BrF3N2O3S/c1-23(27,15-2-4-18(26)5-3-15)16-11-28-22(29-12-16)32-8-6-31(7-9-32)21-19(25)13-30-33-14-17(24)10-20(21)33;1-23(26,16-2-4-19(25)5-3-16)17-13-27-22(28-14-17)31-10-8-30(9-11-31)20-6-7-29-32-15-18(24)12-21(20)32;1-17(19,13-5-7-15(18)8-6-13)14-11-20-16(21-12-14)22-9-3-2-4-10-22;1-9(2)10(3,4)15-11(14-9)8-6-12-13(5)7-8;9-5-3-6-7(1-2-13-14(6)4-5)17-18(15,16)8(10,11)12/h2-5,10-14H,6-9,27H2,1H3;2-7,12-15H,8-11,26H2,1H3;5-8,11-12H,2-4,9-10,19H2,1H3;6-7H,1-5H3;1-4H/t2*23-;17-;;/m000../s1. The topological polar surface area (TPSA) is 303 Å². The Morgan fingerprint density at radius 3 is 1.23 bits per heavy atom. The van der Waals surface area contributed by atoms with E-state index in [4.69, 9.17) is 38.1 Å². The summed E-state index contributed by atoms with van der Waals surface area (Å²) in [7, 11) is -4.11. The van der Waals surface area contributed by atoms with Crippen LogP contribution in [0.4, 0.5) is 55.6 Å². The van der Waals surface area contributed by atoms with E-state index in [9.17, 15) is 34.8 Å². The number of piperidine rings is 1. The lowest BCUT2D eigenvalue weighted by Gasteiger charge is -2.36. The molecule has 630 valence electrons. The molecule has 0 bridgehead atoms. The van der Waals surface area contributed by atoms with Gasteiger partial charge >= 0.3 is 22.7 Å². The van der Waals surface area contributed by atoms with Crippen molar-refractivity contribution in [1.29, 1.82) is 0 Å². The molecule has 14 heterocycles. The Morgan fingerprint density at radius 1 is 0.458 bits per heavy atom. The molecule has 0 spiro atoms. The van der Waals surface area contributed by atoms with Gasteiger partial charge in [0.05, 0.1) is 67.6 Å². The van der Waals surface area contributed by atoms with Gasteiger partial charge in [0.15, 0.2) is 5.75 Å². The van der Waals surface area contributed by atoms with Crippen LogP contribution < -0.4 is 51.3 Å². The fourth-order valence-corrected chi connectivity index (χ4v) is 15.8. The molecule has 10 aromatic heterocycles. The quantitative estimate of drug-likeness (QED) is 0.0394. The fraction of sp³-hybridized carbons (Fsp3) is 0.333. The van der Waals surface area contributed by atoms with Crippen molar-refractivity contribution in [3.05, 3.63) is 259 Å². The molecule has 4 fully saturated rings. The smallest absolute Gasteiger partial charge is 0.399 e. The fourth-order valence-electron chi connectivity index (χ4n) is 13.8. The Labute approximate surface area is 719 Å². The van der Waals surface area contributed by atoms with E-state index >= 15 is 0 Å². The van der Waals surface area contributed by atoms with E-state index in [1.165, 1.54) is 78.1 Å². The zero-order valence-electron chi connectivity index (χ0n) is 66.6. The Balaban J connectivity index is 0.000000134. The number of piperazine rings is 2. The largest absolute Gasteiger partial charge is 0.534 e. The molecule has 4 aliphatic heterocycles. The van der Waals surface area contributed by atoms with Crippen molar-refractivity contribution in [2.24, 2.45) is 24.2 Å². The predicted octanol–water partition coefficient (Wildman–Crippen LogP) is 13.7. The maximum Gasteiger partial charge on any atom is 0.534 e. The van der Waals surface area contributed by atoms with E-state index in [0.717, 1.165) is 148 Å². The molecule has 39 heteroatoms. The van der Waals surface area contributed by atoms with Crippen molar-refractivity contribution in [2.75, 3.05) is 89.9 Å². The number of benzene rings is 3. The third kappa shape index (κ3) is 20.0. The maximum absolute atomic E-state index is 13.3. The molecule has 13 aromatic rings. The minimum atomic E-state index is -5.69. The lowest BCUT2D eigenvalue weighted by Crippen LogP contribution is -2.47. The number of nitrogens with two attached hydrogens (primary N) is 3. The molecule has 0 saturated carbocycles. The lowest BCUT2D eigenvalue weighted by atomic mass is 9.82. The summed E-state index contributed by atoms with van der Waals surface area (Å²) in [6.07, 6.45) is 27.9. The van der Waals surface area contributed by atoms with Gasteiger partial charge in [-0.25, -0.2) is 56.6 Å². The highest BCUT2D eigenvalue weighted by Crippen LogP contribution is 2.39. The first-order valence-electron chi connectivity index (χ1n) is 38.1.